The summed E-state index contributed by atoms with van der Waals surface area (Å²) in [5, 5.41) is 0. The average molecular weight is 228 g/mol. The van der Waals surface area contributed by atoms with E-state index >= 15 is 0 Å². The molecule has 0 atom stereocenters. The number of carbonyl (C=O) groups excluding carboxylic acids is 2. The summed E-state index contributed by atoms with van der Waals surface area (Å²) in [5.74, 6) is 0. The minimum absolute atomic E-state index is 0.380. The highest BCUT2D eigenvalue weighted by molar-refractivity contribution is 14.1. The highest BCUT2D eigenvalue weighted by atomic mass is 127. The van der Waals surface area contributed by atoms with Gasteiger partial charge in [-0.15, -0.1) is 0 Å². The van der Waals surface area contributed by atoms with Gasteiger partial charge in [-0.3, -0.25) is 9.69 Å². The van der Waals surface area contributed by atoms with Crippen molar-refractivity contribution in [3.63, 3.8) is 0 Å². The molecule has 0 rings (SSSR count). The zero-order valence-electron chi connectivity index (χ0n) is 4.22. The first kappa shape index (κ1) is 7.67. The van der Waals surface area contributed by atoms with Gasteiger partial charge < -0.3 is 5.73 Å². The van der Waals surface area contributed by atoms with E-state index in [1.165, 1.54) is 29.6 Å². The molecular weight excluding hydrogens is 223 g/mol. The SMILES string of the molecule is CN(C(N)=O)C(=O)I. The van der Waals surface area contributed by atoms with Crippen LogP contribution in [0.4, 0.5) is 9.59 Å². The maximum atomic E-state index is 10.2. The monoisotopic (exact) mass is 228 g/mol. The number of primary amides is 1. The van der Waals surface area contributed by atoms with Crippen molar-refractivity contribution in [3.8, 4) is 0 Å². The molecule has 4 nitrogen and oxygen atoms in total. The Balaban J connectivity index is 3.83. The van der Waals surface area contributed by atoms with Crippen molar-refractivity contribution in [2.45, 2.75) is 0 Å². The maximum Gasteiger partial charge on any atom is 0.321 e. The maximum absolute atomic E-state index is 10.2. The van der Waals surface area contributed by atoms with Gasteiger partial charge in [0.05, 0.1) is 0 Å². The molecule has 0 spiro atoms. The third-order valence-electron chi connectivity index (χ3n) is 0.594. The standard InChI is InChI=1S/C3H5IN2O2/c1-6(2(4)7)3(5)8/h1H3,(H2,5,8). The van der Waals surface area contributed by atoms with E-state index in [2.05, 4.69) is 0 Å². The Bertz CT molecular complexity index is 110. The van der Waals surface area contributed by atoms with E-state index in [-0.39, 0.29) is 3.91 Å². The number of halogens is 1. The number of nitrogens with zero attached hydrogens (tertiary/aromatic N) is 1. The number of hydrogen-bond acceptors (Lipinski definition) is 2. The number of amides is 3. The average Bonchev–Trinajstić information content (AvgIpc) is 1.64. The predicted octanol–water partition coefficient (Wildman–Crippen LogP) is 0.552. The molecule has 0 radical (unpaired) electrons. The fourth-order valence-corrected chi connectivity index (χ4v) is 0.324. The van der Waals surface area contributed by atoms with E-state index in [1.807, 2.05) is 0 Å². The van der Waals surface area contributed by atoms with Crippen molar-refractivity contribution in [2.24, 2.45) is 5.73 Å². The molecule has 0 heterocycles. The van der Waals surface area contributed by atoms with Gasteiger partial charge in [-0.05, 0) is 0 Å². The second-order valence-electron chi connectivity index (χ2n) is 1.15. The summed E-state index contributed by atoms with van der Waals surface area (Å²) in [7, 11) is 1.32. The zero-order chi connectivity index (χ0) is 6.73. The summed E-state index contributed by atoms with van der Waals surface area (Å²) in [6.07, 6.45) is 0. The first-order valence-electron chi connectivity index (χ1n) is 1.78. The van der Waals surface area contributed by atoms with Gasteiger partial charge in [0.15, 0.2) is 0 Å². The van der Waals surface area contributed by atoms with Crippen molar-refractivity contribution in [2.75, 3.05) is 7.05 Å². The first-order valence-corrected chi connectivity index (χ1v) is 2.86. The van der Waals surface area contributed by atoms with Crippen LogP contribution in [0.3, 0.4) is 0 Å². The van der Waals surface area contributed by atoms with Gasteiger partial charge in [-0.2, -0.15) is 0 Å². The Morgan fingerprint density at radius 2 is 2.00 bits per heavy atom. The van der Waals surface area contributed by atoms with Crippen LogP contribution in [-0.2, 0) is 0 Å². The van der Waals surface area contributed by atoms with Gasteiger partial charge in [0.1, 0.15) is 0 Å². The molecule has 0 unspecified atom stereocenters. The summed E-state index contributed by atoms with van der Waals surface area (Å²) in [4.78, 5) is 21.1. The highest BCUT2D eigenvalue weighted by Gasteiger charge is 2.07. The Morgan fingerprint density at radius 3 is 2.00 bits per heavy atom. The summed E-state index contributed by atoms with van der Waals surface area (Å²) in [6, 6.07) is -0.732. The molecule has 0 aliphatic heterocycles. The second kappa shape index (κ2) is 2.85. The number of hydrogen-bond donors (Lipinski definition) is 1. The Hall–Kier alpha value is -0.330. The molecule has 0 aromatic carbocycles. The molecule has 0 fully saturated rings. The van der Waals surface area contributed by atoms with Crippen molar-refractivity contribution in [1.29, 1.82) is 0 Å². The lowest BCUT2D eigenvalue weighted by Gasteiger charge is -2.04. The van der Waals surface area contributed by atoms with Crippen LogP contribution in [0.1, 0.15) is 0 Å². The molecular formula is C3H5IN2O2. The molecule has 0 bridgehead atoms. The lowest BCUT2D eigenvalue weighted by atomic mass is 10.9. The summed E-state index contributed by atoms with van der Waals surface area (Å²) in [5.41, 5.74) is 4.70. The third-order valence-corrected chi connectivity index (χ3v) is 1.32. The van der Waals surface area contributed by atoms with E-state index in [4.69, 9.17) is 5.73 Å². The molecule has 2 N–H and O–H groups in total. The van der Waals surface area contributed by atoms with Crippen LogP contribution in [0.2, 0.25) is 0 Å². The second-order valence-corrected chi connectivity index (χ2v) is 2.07. The van der Waals surface area contributed by atoms with Crippen molar-refractivity contribution < 1.29 is 9.59 Å². The van der Waals surface area contributed by atoms with E-state index in [9.17, 15) is 9.59 Å². The van der Waals surface area contributed by atoms with Gasteiger partial charge >= 0.3 is 6.03 Å². The van der Waals surface area contributed by atoms with E-state index in [0.29, 0.717) is 0 Å². The van der Waals surface area contributed by atoms with E-state index in [1.54, 1.807) is 0 Å². The Labute approximate surface area is 60.2 Å². The molecule has 5 heteroatoms. The smallest absolute Gasteiger partial charge is 0.321 e. The van der Waals surface area contributed by atoms with Crippen molar-refractivity contribution >= 4 is 32.5 Å². The Morgan fingerprint density at radius 1 is 1.62 bits per heavy atom. The molecule has 0 saturated heterocycles. The molecule has 0 aliphatic carbocycles. The third kappa shape index (κ3) is 2.10. The summed E-state index contributed by atoms with van der Waals surface area (Å²) >= 11 is 1.47. The van der Waals surface area contributed by atoms with Crippen LogP contribution >= 0.6 is 22.6 Å². The number of nitrogens with two attached hydrogens (primary N) is 1. The van der Waals surface area contributed by atoms with Crippen molar-refractivity contribution in [1.82, 2.24) is 4.90 Å². The largest absolute Gasteiger partial charge is 0.351 e. The zero-order valence-corrected chi connectivity index (χ0v) is 6.38. The number of urea groups is 1. The molecule has 0 aromatic rings. The molecule has 0 aliphatic rings. The van der Waals surface area contributed by atoms with Gasteiger partial charge in [0.2, 0.25) is 0 Å². The molecule has 0 saturated carbocycles. The molecule has 8 heavy (non-hydrogen) atoms. The predicted molar refractivity (Wildman–Crippen MR) is 36.8 cm³/mol. The topological polar surface area (TPSA) is 63.4 Å². The van der Waals surface area contributed by atoms with Crippen molar-refractivity contribution in [3.05, 3.63) is 0 Å². The molecule has 0 aromatic heterocycles. The number of imide groups is 1. The van der Waals surface area contributed by atoms with Crippen LogP contribution in [-0.4, -0.2) is 21.9 Å². The van der Waals surface area contributed by atoms with Crippen LogP contribution in [0.5, 0.6) is 0 Å². The Kier molecular flexibility index (Phi) is 2.74. The normalized spacial score (nSPS) is 8.25. The number of rotatable bonds is 0. The minimum atomic E-state index is -0.732. The summed E-state index contributed by atoms with van der Waals surface area (Å²) in [6.45, 7) is 0. The van der Waals surface area contributed by atoms with Crippen LogP contribution in [0, 0.1) is 0 Å². The molecule has 46 valence electrons. The van der Waals surface area contributed by atoms with Crippen LogP contribution in [0.15, 0.2) is 0 Å². The van der Waals surface area contributed by atoms with Crippen LogP contribution < -0.4 is 5.73 Å². The molecule has 3 amide bonds. The van der Waals surface area contributed by atoms with Gasteiger partial charge in [0, 0.05) is 29.6 Å². The van der Waals surface area contributed by atoms with Gasteiger partial charge in [-0.25, -0.2) is 4.79 Å². The minimum Gasteiger partial charge on any atom is -0.351 e. The van der Waals surface area contributed by atoms with Gasteiger partial charge in [-0.1, -0.05) is 0 Å². The van der Waals surface area contributed by atoms with Crippen LogP contribution in [0.25, 0.3) is 0 Å². The highest BCUT2D eigenvalue weighted by Crippen LogP contribution is 1.93. The van der Waals surface area contributed by atoms with E-state index in [0.717, 1.165) is 4.90 Å². The number of carbonyl (C=O) groups is 2. The quantitative estimate of drug-likeness (QED) is 0.374. The first-order chi connectivity index (χ1) is 3.55. The lowest BCUT2D eigenvalue weighted by molar-refractivity contribution is 0.215. The fraction of sp³-hybridized carbons (Fsp3) is 0.333. The van der Waals surface area contributed by atoms with E-state index < -0.39 is 6.03 Å². The lowest BCUT2D eigenvalue weighted by Crippen LogP contribution is -2.33. The fourth-order valence-electron chi connectivity index (χ4n) is 0.0866. The van der Waals surface area contributed by atoms with Gasteiger partial charge in [0.25, 0.3) is 3.91 Å². The summed E-state index contributed by atoms with van der Waals surface area (Å²) < 4.78 is -0.380.